The molecular weight excluding hydrogens is 166 g/mol. The monoisotopic (exact) mass is 177 g/mol. The fraction of sp³-hybridized carbons (Fsp3) is 0.857. The van der Waals surface area contributed by atoms with Gasteiger partial charge in [0.05, 0.1) is 6.04 Å². The van der Waals surface area contributed by atoms with Crippen LogP contribution in [0.15, 0.2) is 0 Å². The Morgan fingerprint density at radius 1 is 1.73 bits per heavy atom. The van der Waals surface area contributed by atoms with E-state index in [0.717, 1.165) is 6.42 Å². The summed E-state index contributed by atoms with van der Waals surface area (Å²) < 4.78 is 5.03. The first-order valence-corrected chi connectivity index (χ1v) is 4.19. The van der Waals surface area contributed by atoms with Crippen molar-refractivity contribution in [1.82, 2.24) is 4.90 Å². The highest BCUT2D eigenvalue weighted by Crippen LogP contribution is 2.19. The third-order valence-corrected chi connectivity index (χ3v) is 2.30. The number of nitrogens with zero attached hydrogens (tertiary/aromatic N) is 1. The van der Waals surface area contributed by atoms with Crippen LogP contribution >= 0.6 is 11.6 Å². The molecule has 0 saturated carbocycles. The lowest BCUT2D eigenvalue weighted by molar-refractivity contribution is 0.129. The first kappa shape index (κ1) is 8.65. The van der Waals surface area contributed by atoms with E-state index in [1.54, 1.807) is 11.9 Å². The van der Waals surface area contributed by atoms with E-state index in [1.807, 2.05) is 6.92 Å². The molecule has 11 heavy (non-hydrogen) atoms. The second-order valence-corrected chi connectivity index (χ2v) is 3.13. The zero-order valence-electron chi connectivity index (χ0n) is 6.71. The molecule has 0 bridgehead atoms. The van der Waals surface area contributed by atoms with Gasteiger partial charge in [-0.2, -0.15) is 0 Å². The van der Waals surface area contributed by atoms with Crippen LogP contribution in [0, 0.1) is 0 Å². The fourth-order valence-corrected chi connectivity index (χ4v) is 1.35. The Bertz CT molecular complexity index is 163. The predicted octanol–water partition coefficient (Wildman–Crippen LogP) is 1.45. The van der Waals surface area contributed by atoms with Crippen LogP contribution in [0.1, 0.15) is 13.3 Å². The number of rotatable bonds is 2. The molecule has 0 aromatic rings. The topological polar surface area (TPSA) is 29.5 Å². The molecule has 1 heterocycles. The molecule has 1 aliphatic heterocycles. The molecule has 0 spiro atoms. The number of carbonyl (C=O) groups excluding carboxylic acids is 1. The van der Waals surface area contributed by atoms with E-state index < -0.39 is 0 Å². The largest absolute Gasteiger partial charge is 0.444 e. The molecule has 0 aliphatic carbocycles. The van der Waals surface area contributed by atoms with Gasteiger partial charge in [0.2, 0.25) is 0 Å². The number of hydrogen-bond donors (Lipinski definition) is 0. The summed E-state index contributed by atoms with van der Waals surface area (Å²) in [4.78, 5) is 12.5. The average Bonchev–Trinajstić information content (AvgIpc) is 2.19. The summed E-state index contributed by atoms with van der Waals surface area (Å²) in [7, 11) is 1.74. The fourth-order valence-electron chi connectivity index (χ4n) is 1.13. The number of amides is 1. The summed E-state index contributed by atoms with van der Waals surface area (Å²) in [5.41, 5.74) is 0. The van der Waals surface area contributed by atoms with Crippen molar-refractivity contribution in [3.05, 3.63) is 0 Å². The number of carbonyl (C=O) groups is 1. The van der Waals surface area contributed by atoms with Crippen LogP contribution in [0.4, 0.5) is 4.79 Å². The van der Waals surface area contributed by atoms with E-state index in [1.165, 1.54) is 0 Å². The lowest BCUT2D eigenvalue weighted by atomic mass is 10.1. The maximum atomic E-state index is 10.9. The van der Waals surface area contributed by atoms with Gasteiger partial charge in [0.15, 0.2) is 0 Å². The average molecular weight is 178 g/mol. The van der Waals surface area contributed by atoms with Gasteiger partial charge >= 0.3 is 6.09 Å². The number of likely N-dealkylation sites (N-methyl/N-ethyl adjacent to an activating group) is 1. The van der Waals surface area contributed by atoms with Crippen molar-refractivity contribution < 1.29 is 9.53 Å². The Morgan fingerprint density at radius 2 is 2.36 bits per heavy atom. The van der Waals surface area contributed by atoms with E-state index >= 15 is 0 Å². The number of alkyl halides is 1. The molecule has 1 fully saturated rings. The third kappa shape index (κ3) is 1.59. The number of cyclic esters (lactones) is 1. The maximum absolute atomic E-state index is 10.9. The first-order chi connectivity index (χ1) is 5.16. The van der Waals surface area contributed by atoms with Crippen LogP contribution in [0.5, 0.6) is 0 Å². The molecule has 1 saturated heterocycles. The minimum absolute atomic E-state index is 0.0231. The van der Waals surface area contributed by atoms with Crippen LogP contribution in [0.25, 0.3) is 0 Å². The van der Waals surface area contributed by atoms with Crippen molar-refractivity contribution in [2.45, 2.75) is 25.5 Å². The summed E-state index contributed by atoms with van der Waals surface area (Å²) in [6, 6.07) is 0.154. The molecule has 2 atom stereocenters. The van der Waals surface area contributed by atoms with Crippen LogP contribution in [0.3, 0.4) is 0 Å². The molecule has 1 aliphatic rings. The SMILES string of the molecule is CC1C(CCCl)OC(=O)N1C. The second-order valence-electron chi connectivity index (χ2n) is 2.75. The lowest BCUT2D eigenvalue weighted by Crippen LogP contribution is -2.30. The minimum Gasteiger partial charge on any atom is -0.444 e. The van der Waals surface area contributed by atoms with Crippen LogP contribution in [0.2, 0.25) is 0 Å². The van der Waals surface area contributed by atoms with Crippen molar-refractivity contribution >= 4 is 17.7 Å². The molecule has 1 rings (SSSR count). The Morgan fingerprint density at radius 3 is 2.73 bits per heavy atom. The highest BCUT2D eigenvalue weighted by atomic mass is 35.5. The van der Waals surface area contributed by atoms with E-state index in [4.69, 9.17) is 16.3 Å². The van der Waals surface area contributed by atoms with Gasteiger partial charge in [-0.05, 0) is 6.92 Å². The second kappa shape index (κ2) is 3.30. The molecule has 0 aromatic carbocycles. The molecule has 0 radical (unpaired) electrons. The standard InChI is InChI=1S/C7H12ClNO2/c1-5-6(3-4-8)11-7(10)9(5)2/h5-6H,3-4H2,1-2H3. The summed E-state index contributed by atoms with van der Waals surface area (Å²) in [6.07, 6.45) is 0.469. The van der Waals surface area contributed by atoms with Crippen LogP contribution < -0.4 is 0 Å². The molecule has 64 valence electrons. The van der Waals surface area contributed by atoms with E-state index in [-0.39, 0.29) is 18.2 Å². The van der Waals surface area contributed by atoms with E-state index in [9.17, 15) is 4.79 Å². The van der Waals surface area contributed by atoms with Crippen molar-refractivity contribution in [3.8, 4) is 0 Å². The Hall–Kier alpha value is -0.440. The quantitative estimate of drug-likeness (QED) is 0.598. The maximum Gasteiger partial charge on any atom is 0.410 e. The van der Waals surface area contributed by atoms with Crippen molar-refractivity contribution in [1.29, 1.82) is 0 Å². The van der Waals surface area contributed by atoms with Gasteiger partial charge in [-0.25, -0.2) is 4.79 Å². The summed E-state index contributed by atoms with van der Waals surface area (Å²) in [5.74, 6) is 0.538. The molecule has 1 amide bonds. The third-order valence-electron chi connectivity index (χ3n) is 2.08. The van der Waals surface area contributed by atoms with Gasteiger partial charge in [0.25, 0.3) is 0 Å². The molecule has 3 nitrogen and oxygen atoms in total. The summed E-state index contributed by atoms with van der Waals surface area (Å²) in [6.45, 7) is 1.96. The van der Waals surface area contributed by atoms with Crippen LogP contribution in [-0.4, -0.2) is 36.1 Å². The van der Waals surface area contributed by atoms with Gasteiger partial charge in [-0.3, -0.25) is 0 Å². The van der Waals surface area contributed by atoms with Gasteiger partial charge < -0.3 is 9.64 Å². The minimum atomic E-state index is -0.243. The van der Waals surface area contributed by atoms with Gasteiger partial charge in [0.1, 0.15) is 6.10 Å². The summed E-state index contributed by atoms with van der Waals surface area (Å²) >= 11 is 5.53. The molecule has 0 aromatic heterocycles. The van der Waals surface area contributed by atoms with Crippen molar-refractivity contribution in [3.63, 3.8) is 0 Å². The van der Waals surface area contributed by atoms with Crippen LogP contribution in [-0.2, 0) is 4.74 Å². The highest BCUT2D eigenvalue weighted by Gasteiger charge is 2.35. The number of ether oxygens (including phenoxy) is 1. The van der Waals surface area contributed by atoms with Gasteiger partial charge in [-0.1, -0.05) is 0 Å². The van der Waals surface area contributed by atoms with E-state index in [0.29, 0.717) is 5.88 Å². The summed E-state index contributed by atoms with van der Waals surface area (Å²) in [5, 5.41) is 0. The molecule has 0 N–H and O–H groups in total. The Kier molecular flexibility index (Phi) is 2.60. The van der Waals surface area contributed by atoms with Crippen molar-refractivity contribution in [2.75, 3.05) is 12.9 Å². The number of halogens is 1. The lowest BCUT2D eigenvalue weighted by Gasteiger charge is -2.14. The van der Waals surface area contributed by atoms with Gasteiger partial charge in [-0.15, -0.1) is 11.6 Å². The normalized spacial score (nSPS) is 30.8. The van der Waals surface area contributed by atoms with Gasteiger partial charge in [0, 0.05) is 19.3 Å². The van der Waals surface area contributed by atoms with Crippen molar-refractivity contribution in [2.24, 2.45) is 0 Å². The zero-order valence-corrected chi connectivity index (χ0v) is 7.47. The highest BCUT2D eigenvalue weighted by molar-refractivity contribution is 6.17. The Balaban J connectivity index is 2.52. The molecular formula is C7H12ClNO2. The Labute approximate surface area is 71.3 Å². The smallest absolute Gasteiger partial charge is 0.410 e. The first-order valence-electron chi connectivity index (χ1n) is 3.66. The molecule has 4 heteroatoms. The van der Waals surface area contributed by atoms with E-state index in [2.05, 4.69) is 0 Å². The number of hydrogen-bond acceptors (Lipinski definition) is 2. The molecule has 2 unspecified atom stereocenters. The predicted molar refractivity (Wildman–Crippen MR) is 42.8 cm³/mol. The zero-order chi connectivity index (χ0) is 8.43.